The fourth-order valence-electron chi connectivity index (χ4n) is 4.17. The Morgan fingerprint density at radius 3 is 2.27 bits per heavy atom. The summed E-state index contributed by atoms with van der Waals surface area (Å²) in [5.41, 5.74) is 16.9. The number of alkyl halides is 1. The summed E-state index contributed by atoms with van der Waals surface area (Å²) in [6.45, 7) is -0.610. The van der Waals surface area contributed by atoms with Crippen molar-refractivity contribution in [3.8, 4) is 0 Å². The number of halogens is 1. The Labute approximate surface area is 259 Å². The van der Waals surface area contributed by atoms with Crippen molar-refractivity contribution in [3.05, 3.63) is 36.4 Å². The highest BCUT2D eigenvalue weighted by Crippen LogP contribution is 2.31. The smallest absolute Gasteiger partial charge is 0.303 e. The second kappa shape index (κ2) is 16.0. The number of hydrogen-bond donors (Lipinski definition) is 6. The molecule has 240 valence electrons. The van der Waals surface area contributed by atoms with Crippen LogP contribution in [0, 0.1) is 0 Å². The van der Waals surface area contributed by atoms with E-state index in [9.17, 15) is 32.4 Å². The maximum atomic E-state index is 13.5. The number of guanidine groups is 1. The fraction of sp³-hybridized carbons (Fsp3) is 0.407. The summed E-state index contributed by atoms with van der Waals surface area (Å²) in [6.07, 6.45) is -0.546. The highest BCUT2D eigenvalue weighted by molar-refractivity contribution is 8.06. The molecule has 0 aromatic heterocycles. The Morgan fingerprint density at radius 2 is 1.66 bits per heavy atom. The van der Waals surface area contributed by atoms with Crippen molar-refractivity contribution in [1.29, 1.82) is 0 Å². The van der Waals surface area contributed by atoms with Crippen LogP contribution in [-0.4, -0.2) is 92.8 Å². The Balaban J connectivity index is 2.26. The van der Waals surface area contributed by atoms with E-state index in [4.69, 9.17) is 33.9 Å². The number of fused-ring (bicyclic) bond motifs is 1. The van der Waals surface area contributed by atoms with Gasteiger partial charge in [0.1, 0.15) is 0 Å². The third-order valence-corrected chi connectivity index (χ3v) is 8.65. The molecule has 0 aliphatic carbocycles. The van der Waals surface area contributed by atoms with Gasteiger partial charge in [-0.3, -0.25) is 29.0 Å². The molecule has 3 atom stereocenters. The predicted molar refractivity (Wildman–Crippen MR) is 165 cm³/mol. The van der Waals surface area contributed by atoms with E-state index < -0.39 is 62.5 Å². The highest BCUT2D eigenvalue weighted by Gasteiger charge is 2.39. The van der Waals surface area contributed by atoms with Gasteiger partial charge < -0.3 is 37.8 Å². The van der Waals surface area contributed by atoms with E-state index in [2.05, 4.69) is 15.6 Å². The molecule has 2 amide bonds. The first kappa shape index (κ1) is 35.9. The van der Waals surface area contributed by atoms with Gasteiger partial charge in [-0.15, -0.1) is 11.6 Å². The first-order chi connectivity index (χ1) is 20.6. The molecule has 0 saturated carbocycles. The molecule has 17 heteroatoms. The number of nitrogens with zero attached hydrogens (tertiary/aromatic N) is 2. The maximum Gasteiger partial charge on any atom is 0.303 e. The zero-order valence-electron chi connectivity index (χ0n) is 24.2. The molecule has 44 heavy (non-hydrogen) atoms. The number of carboxylic acids is 1. The number of carboxylic acid groups (broad SMARTS) is 1. The van der Waals surface area contributed by atoms with Crippen molar-refractivity contribution >= 4 is 72.5 Å². The molecule has 0 fully saturated rings. The average Bonchev–Trinajstić information content (AvgIpc) is 2.97. The molecule has 0 aliphatic rings. The molecule has 2 rings (SSSR count). The Kier molecular flexibility index (Phi) is 13.0. The second-order valence-electron chi connectivity index (χ2n) is 9.94. The molecule has 9 N–H and O–H groups in total. The minimum absolute atomic E-state index is 0.0422. The number of nitrogens with two attached hydrogens (primary N) is 3. The highest BCUT2D eigenvalue weighted by atomic mass is 35.5. The van der Waals surface area contributed by atoms with Crippen LogP contribution in [0.25, 0.3) is 10.8 Å². The SMILES string of the molecule is CN(C)c1cccc2c(S(=O)(=O)C(=O)C(Cl)C(=O)[C@H](CCCN=C(N)N)NC(=O)CNC(=O)[C@@H](N)CCC(=O)O)cccc12. The molecule has 0 radical (unpaired) electrons. The molecule has 0 saturated heterocycles. The number of sulfone groups is 1. The van der Waals surface area contributed by atoms with E-state index >= 15 is 0 Å². The Morgan fingerprint density at radius 1 is 1.02 bits per heavy atom. The number of carbonyl (C=O) groups excluding carboxylic acids is 4. The lowest BCUT2D eigenvalue weighted by Crippen LogP contribution is -2.51. The van der Waals surface area contributed by atoms with Gasteiger partial charge in [-0.05, 0) is 31.4 Å². The van der Waals surface area contributed by atoms with Gasteiger partial charge in [-0.25, -0.2) is 8.42 Å². The van der Waals surface area contributed by atoms with Gasteiger partial charge in [0, 0.05) is 43.5 Å². The normalized spacial score (nSPS) is 13.3. The van der Waals surface area contributed by atoms with E-state index in [0.717, 1.165) is 0 Å². The average molecular weight is 654 g/mol. The number of anilines is 1. The van der Waals surface area contributed by atoms with Crippen LogP contribution >= 0.6 is 11.6 Å². The van der Waals surface area contributed by atoms with Gasteiger partial charge in [0.15, 0.2) is 17.1 Å². The molecular formula is C27H36ClN7O8S. The van der Waals surface area contributed by atoms with E-state index in [1.54, 1.807) is 37.2 Å². The van der Waals surface area contributed by atoms with Crippen molar-refractivity contribution in [2.45, 2.75) is 48.0 Å². The minimum Gasteiger partial charge on any atom is -0.481 e. The zero-order valence-corrected chi connectivity index (χ0v) is 25.7. The number of aliphatic carboxylic acids is 1. The van der Waals surface area contributed by atoms with Crippen LogP contribution < -0.4 is 32.7 Å². The standard InChI is InChI=1S/C27H36ClN7O8S/c1-35(2)19-9-3-7-16-15(19)6-4-10-20(16)44(42,43)26(41)23(28)24(39)18(8-5-13-32-27(30)31)34-21(36)14-33-25(40)17(29)11-12-22(37)38/h3-4,6-7,9-10,17-18,23H,5,8,11-14,29H2,1-2H3,(H,33,40)(H,34,36)(H,37,38)(H4,30,31,32)/t17-,18-,23?/m0/s1. The quantitative estimate of drug-likeness (QED) is 0.0429. The summed E-state index contributed by atoms with van der Waals surface area (Å²) in [5, 5.41) is 10.3. The zero-order chi connectivity index (χ0) is 33.2. The van der Waals surface area contributed by atoms with Crippen LogP contribution in [0.15, 0.2) is 46.3 Å². The van der Waals surface area contributed by atoms with Crippen LogP contribution in [0.5, 0.6) is 0 Å². The van der Waals surface area contributed by atoms with Crippen LogP contribution in [0.4, 0.5) is 5.69 Å². The number of Topliss-reactive ketones (excluding diaryl/α,β-unsaturated/α-hetero) is 1. The number of benzene rings is 2. The lowest BCUT2D eigenvalue weighted by molar-refractivity contribution is -0.137. The van der Waals surface area contributed by atoms with Crippen LogP contribution in [0.3, 0.4) is 0 Å². The molecule has 0 heterocycles. The van der Waals surface area contributed by atoms with E-state index in [0.29, 0.717) is 11.1 Å². The number of rotatable bonds is 16. The van der Waals surface area contributed by atoms with Crippen molar-refractivity contribution in [2.75, 3.05) is 32.1 Å². The number of aliphatic imine (C=N–C) groups is 1. The molecule has 15 nitrogen and oxygen atoms in total. The van der Waals surface area contributed by atoms with Crippen molar-refractivity contribution < 1.29 is 37.5 Å². The number of hydrogen-bond acceptors (Lipinski definition) is 10. The summed E-state index contributed by atoms with van der Waals surface area (Å²) in [5.74, 6) is -4.16. The van der Waals surface area contributed by atoms with Crippen LogP contribution in [0.1, 0.15) is 25.7 Å². The van der Waals surface area contributed by atoms with Gasteiger partial charge in [0.25, 0.3) is 5.12 Å². The predicted octanol–water partition coefficient (Wildman–Crippen LogP) is -0.771. The topological polar surface area (TPSA) is 257 Å². The first-order valence-electron chi connectivity index (χ1n) is 13.3. The summed E-state index contributed by atoms with van der Waals surface area (Å²) in [7, 11) is -1.24. The number of amides is 2. The molecule has 0 aliphatic heterocycles. The van der Waals surface area contributed by atoms with Crippen LogP contribution in [0.2, 0.25) is 0 Å². The van der Waals surface area contributed by atoms with E-state index in [1.807, 2.05) is 0 Å². The number of carbonyl (C=O) groups is 5. The van der Waals surface area contributed by atoms with Gasteiger partial charge in [-0.1, -0.05) is 24.3 Å². The third-order valence-electron chi connectivity index (χ3n) is 6.41. The lowest BCUT2D eigenvalue weighted by atomic mass is 10.0. The Bertz CT molecular complexity index is 1540. The minimum atomic E-state index is -4.78. The van der Waals surface area contributed by atoms with Crippen molar-refractivity contribution in [1.82, 2.24) is 10.6 Å². The van der Waals surface area contributed by atoms with Gasteiger partial charge >= 0.3 is 5.97 Å². The Hall–Kier alpha value is -4.28. The molecule has 2 aromatic carbocycles. The number of nitrogens with one attached hydrogen (secondary N) is 2. The maximum absolute atomic E-state index is 13.5. The van der Waals surface area contributed by atoms with Gasteiger partial charge in [-0.2, -0.15) is 0 Å². The van der Waals surface area contributed by atoms with Crippen LogP contribution in [-0.2, 0) is 33.8 Å². The van der Waals surface area contributed by atoms with E-state index in [-0.39, 0.29) is 48.5 Å². The summed E-state index contributed by atoms with van der Waals surface area (Å²) >= 11 is 6.18. The molecule has 2 aromatic rings. The monoisotopic (exact) mass is 653 g/mol. The molecular weight excluding hydrogens is 618 g/mol. The van der Waals surface area contributed by atoms with Crippen molar-refractivity contribution in [3.63, 3.8) is 0 Å². The summed E-state index contributed by atoms with van der Waals surface area (Å²) in [6, 6.07) is 6.68. The fourth-order valence-corrected chi connectivity index (χ4v) is 6.00. The summed E-state index contributed by atoms with van der Waals surface area (Å²) in [4.78, 5) is 67.2. The largest absolute Gasteiger partial charge is 0.481 e. The molecule has 1 unspecified atom stereocenters. The second-order valence-corrected chi connectivity index (χ2v) is 12.2. The van der Waals surface area contributed by atoms with Gasteiger partial charge in [0.2, 0.25) is 21.7 Å². The van der Waals surface area contributed by atoms with E-state index in [1.165, 1.54) is 18.2 Å². The molecule has 0 spiro atoms. The third kappa shape index (κ3) is 9.62. The molecule has 0 bridgehead atoms. The lowest BCUT2D eigenvalue weighted by Gasteiger charge is -2.21. The first-order valence-corrected chi connectivity index (χ1v) is 15.3. The summed E-state index contributed by atoms with van der Waals surface area (Å²) < 4.78 is 26.9. The number of ketones is 1. The van der Waals surface area contributed by atoms with Gasteiger partial charge in [0.05, 0.1) is 23.5 Å². The van der Waals surface area contributed by atoms with Crippen molar-refractivity contribution in [2.24, 2.45) is 22.2 Å².